The first-order chi connectivity index (χ1) is 16.4. The summed E-state index contributed by atoms with van der Waals surface area (Å²) in [6.07, 6.45) is 1.34. The molecule has 0 aromatic heterocycles. The van der Waals surface area contributed by atoms with Crippen LogP contribution in [0.25, 0.3) is 0 Å². The number of hydrogen-bond acceptors (Lipinski definition) is 7. The molecule has 174 valence electrons. The zero-order valence-electron chi connectivity index (χ0n) is 17.9. The highest BCUT2D eigenvalue weighted by Gasteiger charge is 2.11. The third kappa shape index (κ3) is 6.87. The first kappa shape index (κ1) is 24.4. The number of hydrogen-bond donors (Lipinski definition) is 2. The summed E-state index contributed by atoms with van der Waals surface area (Å²) in [5.74, 6) is 0.0540. The Balaban J connectivity index is 1.62. The van der Waals surface area contributed by atoms with Crippen molar-refractivity contribution in [3.05, 3.63) is 92.4 Å². The van der Waals surface area contributed by atoms with Gasteiger partial charge in [-0.05, 0) is 48.5 Å². The van der Waals surface area contributed by atoms with E-state index in [4.69, 9.17) is 9.47 Å². The van der Waals surface area contributed by atoms with Crippen LogP contribution in [0.3, 0.4) is 0 Å². The number of rotatable bonds is 9. The molecule has 0 radical (unpaired) electrons. The smallest absolute Gasteiger partial charge is 0.271 e. The Morgan fingerprint density at radius 2 is 1.88 bits per heavy atom. The number of nitro groups is 1. The van der Waals surface area contributed by atoms with E-state index in [-0.39, 0.29) is 23.8 Å². The normalized spacial score (nSPS) is 10.5. The zero-order chi connectivity index (χ0) is 24.5. The maximum Gasteiger partial charge on any atom is 0.271 e. The van der Waals surface area contributed by atoms with Gasteiger partial charge in [0.1, 0.15) is 11.5 Å². The van der Waals surface area contributed by atoms with Gasteiger partial charge in [-0.25, -0.2) is 5.43 Å². The number of nitrogens with zero attached hydrogens (tertiary/aromatic N) is 2. The van der Waals surface area contributed by atoms with E-state index in [9.17, 15) is 19.7 Å². The second-order valence-electron chi connectivity index (χ2n) is 6.75. The Hall–Kier alpha value is -4.25. The molecule has 0 saturated carbocycles. The van der Waals surface area contributed by atoms with Crippen LogP contribution in [0, 0.1) is 10.1 Å². The lowest BCUT2D eigenvalue weighted by atomic mass is 10.2. The lowest BCUT2D eigenvalue weighted by Crippen LogP contribution is -2.20. The minimum Gasteiger partial charge on any atom is -0.497 e. The Morgan fingerprint density at radius 3 is 2.59 bits per heavy atom. The van der Waals surface area contributed by atoms with Crippen molar-refractivity contribution >= 4 is 45.3 Å². The molecular formula is C23H19BrN4O6. The molecule has 34 heavy (non-hydrogen) atoms. The van der Waals surface area contributed by atoms with Crippen molar-refractivity contribution in [2.24, 2.45) is 5.10 Å². The van der Waals surface area contributed by atoms with Crippen molar-refractivity contribution in [3.8, 4) is 11.5 Å². The van der Waals surface area contributed by atoms with E-state index >= 15 is 0 Å². The fourth-order valence-electron chi connectivity index (χ4n) is 2.75. The van der Waals surface area contributed by atoms with E-state index in [2.05, 4.69) is 31.8 Å². The molecular weight excluding hydrogens is 508 g/mol. The third-order valence-corrected chi connectivity index (χ3v) is 4.89. The number of nitro benzene ring substituents is 1. The third-order valence-electron chi connectivity index (χ3n) is 4.39. The van der Waals surface area contributed by atoms with Crippen LogP contribution < -0.4 is 20.2 Å². The second kappa shape index (κ2) is 11.6. The van der Waals surface area contributed by atoms with Gasteiger partial charge >= 0.3 is 0 Å². The number of ether oxygens (including phenoxy) is 2. The predicted molar refractivity (Wildman–Crippen MR) is 129 cm³/mol. The van der Waals surface area contributed by atoms with E-state index in [1.807, 2.05) is 0 Å². The van der Waals surface area contributed by atoms with E-state index in [1.165, 1.54) is 24.4 Å². The van der Waals surface area contributed by atoms with Crippen molar-refractivity contribution in [1.29, 1.82) is 0 Å². The molecule has 0 aliphatic carbocycles. The van der Waals surface area contributed by atoms with E-state index < -0.39 is 10.8 Å². The van der Waals surface area contributed by atoms with Gasteiger partial charge in [-0.2, -0.15) is 5.10 Å². The molecule has 0 heterocycles. The Labute approximate surface area is 202 Å². The minimum atomic E-state index is -0.615. The number of non-ortho nitro benzene ring substituents is 1. The number of amides is 2. The van der Waals surface area contributed by atoms with Crippen LogP contribution in [0.15, 0.2) is 76.3 Å². The fraction of sp³-hybridized carbons (Fsp3) is 0.0870. The van der Waals surface area contributed by atoms with Gasteiger partial charge in [-0.3, -0.25) is 19.7 Å². The minimum absolute atomic E-state index is 0.0901. The maximum atomic E-state index is 12.2. The molecule has 2 N–H and O–H groups in total. The molecule has 11 heteroatoms. The monoisotopic (exact) mass is 526 g/mol. The van der Waals surface area contributed by atoms with Gasteiger partial charge in [0.25, 0.3) is 17.5 Å². The van der Waals surface area contributed by atoms with Crippen LogP contribution in [0.1, 0.15) is 15.9 Å². The van der Waals surface area contributed by atoms with Gasteiger partial charge in [-0.1, -0.05) is 22.0 Å². The average Bonchev–Trinajstić information content (AvgIpc) is 2.84. The Morgan fingerprint density at radius 1 is 1.12 bits per heavy atom. The first-order valence-electron chi connectivity index (χ1n) is 9.80. The number of anilines is 1. The number of nitrogens with one attached hydrogen (secondary N) is 2. The van der Waals surface area contributed by atoms with E-state index in [0.29, 0.717) is 22.7 Å². The molecule has 3 rings (SSSR count). The van der Waals surface area contributed by atoms with Crippen molar-refractivity contribution in [3.63, 3.8) is 0 Å². The highest BCUT2D eigenvalue weighted by atomic mass is 79.9. The average molecular weight is 527 g/mol. The molecule has 0 fully saturated rings. The predicted octanol–water partition coefficient (Wildman–Crippen LogP) is 4.15. The summed E-state index contributed by atoms with van der Waals surface area (Å²) in [7, 11) is 1.56. The van der Waals surface area contributed by atoms with Crippen LogP contribution in [-0.4, -0.2) is 36.7 Å². The Kier molecular flexibility index (Phi) is 8.30. The molecule has 0 aliphatic rings. The van der Waals surface area contributed by atoms with Crippen molar-refractivity contribution in [1.82, 2.24) is 5.43 Å². The van der Waals surface area contributed by atoms with Crippen LogP contribution >= 0.6 is 15.9 Å². The fourth-order valence-corrected chi connectivity index (χ4v) is 3.13. The first-order valence-corrected chi connectivity index (χ1v) is 10.6. The van der Waals surface area contributed by atoms with Crippen LogP contribution in [0.4, 0.5) is 11.4 Å². The summed E-state index contributed by atoms with van der Waals surface area (Å²) in [6, 6.07) is 17.2. The summed E-state index contributed by atoms with van der Waals surface area (Å²) in [5, 5.41) is 17.5. The van der Waals surface area contributed by atoms with Gasteiger partial charge in [-0.15, -0.1) is 0 Å². The van der Waals surface area contributed by atoms with Crippen LogP contribution in [0.5, 0.6) is 11.5 Å². The van der Waals surface area contributed by atoms with Crippen molar-refractivity contribution in [2.75, 3.05) is 19.0 Å². The number of benzene rings is 3. The lowest BCUT2D eigenvalue weighted by molar-refractivity contribution is -0.384. The molecule has 0 atom stereocenters. The van der Waals surface area contributed by atoms with Crippen molar-refractivity contribution < 1.29 is 24.0 Å². The summed E-state index contributed by atoms with van der Waals surface area (Å²) in [4.78, 5) is 34.8. The van der Waals surface area contributed by atoms with Gasteiger partial charge < -0.3 is 14.8 Å². The molecule has 0 saturated heterocycles. The molecule has 0 unspecified atom stereocenters. The molecule has 0 spiro atoms. The number of hydrazone groups is 1. The zero-order valence-corrected chi connectivity index (χ0v) is 19.4. The summed E-state index contributed by atoms with van der Waals surface area (Å²) < 4.78 is 11.4. The SMILES string of the molecule is COc1ccc(NC(=O)COc2ccc(Br)cc2/C=N/NC(=O)c2cccc([N+](=O)[O-])c2)cc1. The largest absolute Gasteiger partial charge is 0.497 e. The number of halogens is 1. The molecule has 3 aromatic rings. The van der Waals surface area contributed by atoms with Crippen LogP contribution in [-0.2, 0) is 4.79 Å². The van der Waals surface area contributed by atoms with Crippen LogP contribution in [0.2, 0.25) is 0 Å². The summed E-state index contributed by atoms with van der Waals surface area (Å²) >= 11 is 3.35. The lowest BCUT2D eigenvalue weighted by Gasteiger charge is -2.10. The van der Waals surface area contributed by atoms with Gasteiger partial charge in [0.05, 0.1) is 18.2 Å². The van der Waals surface area contributed by atoms with E-state index in [1.54, 1.807) is 49.6 Å². The topological polar surface area (TPSA) is 132 Å². The second-order valence-corrected chi connectivity index (χ2v) is 7.67. The molecule has 2 amide bonds. The molecule has 0 aliphatic heterocycles. The summed E-state index contributed by atoms with van der Waals surface area (Å²) in [6.45, 7) is -0.255. The molecule has 3 aromatic carbocycles. The number of methoxy groups -OCH3 is 1. The molecule has 0 bridgehead atoms. The van der Waals surface area contributed by atoms with Crippen molar-refractivity contribution in [2.45, 2.75) is 0 Å². The molecule has 10 nitrogen and oxygen atoms in total. The van der Waals surface area contributed by atoms with Gasteiger partial charge in [0, 0.05) is 33.4 Å². The number of carbonyl (C=O) groups is 2. The maximum absolute atomic E-state index is 12.2. The van der Waals surface area contributed by atoms with Gasteiger partial charge in [0.15, 0.2) is 6.61 Å². The summed E-state index contributed by atoms with van der Waals surface area (Å²) in [5.41, 5.74) is 3.29. The Bertz CT molecular complexity index is 1230. The highest BCUT2D eigenvalue weighted by Crippen LogP contribution is 2.22. The standard InChI is InChI=1S/C23H19BrN4O6/c1-33-20-8-6-18(7-9-20)26-22(29)14-34-21-10-5-17(24)11-16(21)13-25-27-23(30)15-3-2-4-19(12-15)28(31)32/h2-13H,14H2,1H3,(H,26,29)(H,27,30)/b25-13+. The van der Waals surface area contributed by atoms with E-state index in [0.717, 1.165) is 10.5 Å². The number of carbonyl (C=O) groups excluding carboxylic acids is 2. The highest BCUT2D eigenvalue weighted by molar-refractivity contribution is 9.10. The quantitative estimate of drug-likeness (QED) is 0.244. The van der Waals surface area contributed by atoms with Gasteiger partial charge in [0.2, 0.25) is 0 Å².